The maximum Gasteiger partial charge on any atom is 0.325 e. The van der Waals surface area contributed by atoms with E-state index in [0.717, 1.165) is 0 Å². The van der Waals surface area contributed by atoms with Crippen LogP contribution < -0.4 is 0 Å². The quantitative estimate of drug-likeness (QED) is 0.226. The lowest BCUT2D eigenvalue weighted by atomic mass is 10.1. The van der Waals surface area contributed by atoms with Crippen LogP contribution in [0.5, 0.6) is 0 Å². The van der Waals surface area contributed by atoms with Crippen LogP contribution in [0.3, 0.4) is 0 Å². The van der Waals surface area contributed by atoms with Crippen molar-refractivity contribution in [3.63, 3.8) is 0 Å². The zero-order valence-electron chi connectivity index (χ0n) is 19.1. The first-order valence-electron chi connectivity index (χ1n) is 9.99. The van der Waals surface area contributed by atoms with E-state index in [9.17, 15) is 40.0 Å². The highest BCUT2D eigenvalue weighted by Crippen LogP contribution is 2.30. The van der Waals surface area contributed by atoms with Crippen molar-refractivity contribution in [3.8, 4) is 0 Å². The van der Waals surface area contributed by atoms with Gasteiger partial charge in [0.15, 0.2) is 28.2 Å². The van der Waals surface area contributed by atoms with Gasteiger partial charge in [0.05, 0.1) is 6.42 Å². The van der Waals surface area contributed by atoms with Crippen LogP contribution in [0.15, 0.2) is 35.2 Å². The zero-order chi connectivity index (χ0) is 26.7. The average molecular weight is 523 g/mol. The van der Waals surface area contributed by atoms with E-state index in [1.807, 2.05) is 0 Å². The van der Waals surface area contributed by atoms with Gasteiger partial charge in [-0.05, 0) is 26.3 Å². The number of carbonyl (C=O) groups excluding carboxylic acids is 2. The molecule has 0 unspecified atom stereocenters. The van der Waals surface area contributed by atoms with Crippen molar-refractivity contribution >= 4 is 22.0 Å². The fraction of sp³-hybridized carbons (Fsp3) is 0.364. The first-order chi connectivity index (χ1) is 16.1. The van der Waals surface area contributed by atoms with Crippen LogP contribution in [0.2, 0.25) is 0 Å². The van der Waals surface area contributed by atoms with Crippen LogP contribution in [0.4, 0.5) is 22.0 Å². The molecule has 2 rings (SSSR count). The van der Waals surface area contributed by atoms with Crippen molar-refractivity contribution in [2.75, 3.05) is 7.05 Å². The number of nitrogens with zero attached hydrogens (tertiary/aromatic N) is 1. The molecule has 0 aliphatic heterocycles. The first-order valence-corrected chi connectivity index (χ1v) is 11.4. The summed E-state index contributed by atoms with van der Waals surface area (Å²) in [5.41, 5.74) is -0.615. The summed E-state index contributed by atoms with van der Waals surface area (Å²) >= 11 is 0. The maximum atomic E-state index is 14.2. The summed E-state index contributed by atoms with van der Waals surface area (Å²) in [4.78, 5) is 22.9. The largest absolute Gasteiger partial charge is 0.461 e. The molecular weight excluding hydrogens is 501 g/mol. The van der Waals surface area contributed by atoms with Gasteiger partial charge in [0, 0.05) is 7.05 Å². The smallest absolute Gasteiger partial charge is 0.325 e. The standard InChI is InChI=1S/C22H22F5NO6S/c1-22(2,3)34-21(30)13(10-14(29)33-11-12-8-6-5-7-9-12)28(4)35(31,32)20-18(26)16(24)15(23)17(25)19(20)27/h5-9,13H,10-11H2,1-4H3/t13-/m0/s1. The fourth-order valence-electron chi connectivity index (χ4n) is 2.81. The lowest BCUT2D eigenvalue weighted by molar-refractivity contribution is -0.163. The summed E-state index contributed by atoms with van der Waals surface area (Å²) in [6, 6.07) is 6.23. The van der Waals surface area contributed by atoms with E-state index in [1.165, 1.54) is 20.8 Å². The molecule has 0 aliphatic rings. The normalized spacial score (nSPS) is 13.0. The highest BCUT2D eigenvalue weighted by Gasteiger charge is 2.42. The van der Waals surface area contributed by atoms with Crippen molar-refractivity contribution in [2.45, 2.75) is 50.3 Å². The average Bonchev–Trinajstić information content (AvgIpc) is 2.77. The van der Waals surface area contributed by atoms with E-state index >= 15 is 0 Å². The van der Waals surface area contributed by atoms with Gasteiger partial charge in [0.2, 0.25) is 15.8 Å². The Morgan fingerprint density at radius 1 is 0.914 bits per heavy atom. The molecule has 0 N–H and O–H groups in total. The summed E-state index contributed by atoms with van der Waals surface area (Å²) < 4.78 is 105. The van der Waals surface area contributed by atoms with Crippen LogP contribution in [-0.2, 0) is 35.7 Å². The monoisotopic (exact) mass is 523 g/mol. The number of benzene rings is 2. The Morgan fingerprint density at radius 3 is 1.89 bits per heavy atom. The molecule has 0 radical (unpaired) electrons. The van der Waals surface area contributed by atoms with Gasteiger partial charge >= 0.3 is 11.9 Å². The van der Waals surface area contributed by atoms with Crippen molar-refractivity contribution in [3.05, 3.63) is 65.0 Å². The Labute approximate surface area is 198 Å². The number of rotatable bonds is 8. The van der Waals surface area contributed by atoms with Crippen molar-refractivity contribution < 1.29 is 49.4 Å². The second-order valence-electron chi connectivity index (χ2n) is 8.32. The van der Waals surface area contributed by atoms with Crippen LogP contribution in [0.25, 0.3) is 0 Å². The predicted molar refractivity (Wildman–Crippen MR) is 112 cm³/mol. The lowest BCUT2D eigenvalue weighted by Gasteiger charge is -2.29. The Morgan fingerprint density at radius 2 is 1.40 bits per heavy atom. The van der Waals surface area contributed by atoms with Gasteiger partial charge in [-0.25, -0.2) is 30.4 Å². The van der Waals surface area contributed by atoms with Gasteiger partial charge in [-0.15, -0.1) is 0 Å². The topological polar surface area (TPSA) is 90.0 Å². The highest BCUT2D eigenvalue weighted by molar-refractivity contribution is 7.89. The van der Waals surface area contributed by atoms with Gasteiger partial charge in [-0.1, -0.05) is 30.3 Å². The van der Waals surface area contributed by atoms with E-state index in [0.29, 0.717) is 12.6 Å². The van der Waals surface area contributed by atoms with Crippen LogP contribution in [0.1, 0.15) is 32.8 Å². The number of esters is 2. The second-order valence-corrected chi connectivity index (χ2v) is 10.3. The zero-order valence-corrected chi connectivity index (χ0v) is 19.9. The van der Waals surface area contributed by atoms with E-state index < -0.39 is 74.0 Å². The number of hydrogen-bond donors (Lipinski definition) is 0. The fourth-order valence-corrected chi connectivity index (χ4v) is 4.22. The minimum absolute atomic E-state index is 0.00310. The SMILES string of the molecule is CN([C@@H](CC(=O)OCc1ccccc1)C(=O)OC(C)(C)C)S(=O)(=O)c1c(F)c(F)c(F)c(F)c1F. The van der Waals surface area contributed by atoms with E-state index in [4.69, 9.17) is 9.47 Å². The van der Waals surface area contributed by atoms with Crippen LogP contribution in [0, 0.1) is 29.1 Å². The van der Waals surface area contributed by atoms with Crippen LogP contribution >= 0.6 is 0 Å². The van der Waals surface area contributed by atoms with Gasteiger partial charge in [0.25, 0.3) is 0 Å². The number of likely N-dealkylation sites (N-methyl/N-ethyl adjacent to an activating group) is 1. The second kappa shape index (κ2) is 10.7. The Hall–Kier alpha value is -3.06. The van der Waals surface area contributed by atoms with Gasteiger partial charge in [0.1, 0.15) is 18.2 Å². The van der Waals surface area contributed by atoms with E-state index in [1.54, 1.807) is 30.3 Å². The molecule has 192 valence electrons. The third-order valence-corrected chi connectivity index (χ3v) is 6.41. The third-order valence-electron chi connectivity index (χ3n) is 4.53. The summed E-state index contributed by atoms with van der Waals surface area (Å²) in [5.74, 6) is -15.2. The molecule has 2 aromatic rings. The summed E-state index contributed by atoms with van der Waals surface area (Å²) in [6.45, 7) is 4.03. The molecule has 0 aliphatic carbocycles. The molecule has 2 aromatic carbocycles. The summed E-state index contributed by atoms with van der Waals surface area (Å²) in [7, 11) is -4.92. The summed E-state index contributed by atoms with van der Waals surface area (Å²) in [5, 5.41) is 0. The highest BCUT2D eigenvalue weighted by atomic mass is 32.2. The molecule has 35 heavy (non-hydrogen) atoms. The summed E-state index contributed by atoms with van der Waals surface area (Å²) in [6.07, 6.45) is -0.979. The first kappa shape index (κ1) is 28.2. The molecule has 0 fully saturated rings. The molecule has 13 heteroatoms. The molecule has 7 nitrogen and oxygen atoms in total. The van der Waals surface area contributed by atoms with Gasteiger partial charge < -0.3 is 9.47 Å². The predicted octanol–water partition coefficient (Wildman–Crippen LogP) is 3.85. The van der Waals surface area contributed by atoms with Crippen molar-refractivity contribution in [1.29, 1.82) is 0 Å². The molecule has 1 atom stereocenters. The van der Waals surface area contributed by atoms with E-state index in [-0.39, 0.29) is 10.9 Å². The third kappa shape index (κ3) is 6.54. The number of hydrogen-bond acceptors (Lipinski definition) is 6. The van der Waals surface area contributed by atoms with Gasteiger partial charge in [-0.3, -0.25) is 9.59 Å². The molecule has 0 bridgehead atoms. The molecular formula is C22H22F5NO6S. The molecule has 0 saturated carbocycles. The molecule has 0 aromatic heterocycles. The molecule has 0 amide bonds. The Balaban J connectivity index is 2.44. The number of ether oxygens (including phenoxy) is 2. The van der Waals surface area contributed by atoms with Crippen LogP contribution in [-0.4, -0.2) is 43.4 Å². The number of sulfonamides is 1. The molecule has 0 spiro atoms. The van der Waals surface area contributed by atoms with Gasteiger partial charge in [-0.2, -0.15) is 4.31 Å². The molecule has 0 heterocycles. The van der Waals surface area contributed by atoms with Crippen molar-refractivity contribution in [2.24, 2.45) is 0 Å². The number of halogens is 5. The Kier molecular flexibility index (Phi) is 8.61. The lowest BCUT2D eigenvalue weighted by Crippen LogP contribution is -2.47. The molecule has 0 saturated heterocycles. The van der Waals surface area contributed by atoms with Crippen molar-refractivity contribution in [1.82, 2.24) is 4.31 Å². The Bertz CT molecular complexity index is 1190. The minimum Gasteiger partial charge on any atom is -0.461 e. The van der Waals surface area contributed by atoms with E-state index in [2.05, 4.69) is 0 Å². The maximum absolute atomic E-state index is 14.2. The minimum atomic E-state index is -5.55. The number of carbonyl (C=O) groups is 2.